The summed E-state index contributed by atoms with van der Waals surface area (Å²) in [6.45, 7) is 20.6. The van der Waals surface area contributed by atoms with Gasteiger partial charge in [0.1, 0.15) is 51.5 Å². The van der Waals surface area contributed by atoms with Gasteiger partial charge in [-0.25, -0.2) is 23.2 Å². The summed E-state index contributed by atoms with van der Waals surface area (Å²) in [7, 11) is -2.34. The van der Waals surface area contributed by atoms with Gasteiger partial charge in [-0.2, -0.15) is 0 Å². The summed E-state index contributed by atoms with van der Waals surface area (Å²) in [6.07, 6.45) is 1.02. The predicted molar refractivity (Wildman–Crippen MR) is 227 cm³/mol. The fraction of sp³-hybridized carbons (Fsp3) is 0.581. The van der Waals surface area contributed by atoms with Crippen LogP contribution in [-0.2, 0) is 29.1 Å². The molecule has 1 aromatic carbocycles. The number of carbonyl (C=O) groups excluding carboxylic acids is 4. The van der Waals surface area contributed by atoms with Crippen LogP contribution in [0.4, 0.5) is 4.79 Å². The molecule has 7 rings (SSSR count). The molecule has 15 nitrogen and oxygen atoms in total. The molecule has 4 fully saturated rings. The van der Waals surface area contributed by atoms with Gasteiger partial charge in [-0.15, -0.1) is 17.9 Å². The molecule has 4 aliphatic rings. The lowest BCUT2D eigenvalue weighted by molar-refractivity contribution is -0.155. The highest BCUT2D eigenvalue weighted by atomic mass is 32.2. The zero-order valence-electron chi connectivity index (χ0n) is 36.0. The molecule has 0 spiro atoms. The lowest BCUT2D eigenvalue weighted by Crippen LogP contribution is -2.69. The van der Waals surface area contributed by atoms with Crippen LogP contribution < -0.4 is 19.5 Å². The zero-order chi connectivity index (χ0) is 43.9. The normalized spacial score (nSPS) is 25.5. The highest BCUT2D eigenvalue weighted by molar-refractivity contribution is 7.91. The number of hydrogen-bond acceptors (Lipinski definition) is 12. The highest BCUT2D eigenvalue weighted by Crippen LogP contribution is 2.47. The van der Waals surface area contributed by atoms with Crippen LogP contribution in [-0.4, -0.2) is 106 Å². The highest BCUT2D eigenvalue weighted by Gasteiger charge is 2.64. The molecular formula is C43H56N6O9S2. The molecule has 2 aromatic heterocycles. The second-order valence-corrected chi connectivity index (χ2v) is 21.7. The van der Waals surface area contributed by atoms with E-state index < -0.39 is 85.8 Å². The van der Waals surface area contributed by atoms with Gasteiger partial charge in [-0.05, 0) is 70.4 Å². The third-order valence-electron chi connectivity index (χ3n) is 11.7. The maximum Gasteiger partial charge on any atom is 0.411 e. The van der Waals surface area contributed by atoms with Crippen molar-refractivity contribution >= 4 is 56.1 Å². The van der Waals surface area contributed by atoms with Crippen LogP contribution in [0.2, 0.25) is 0 Å². The Morgan fingerprint density at radius 2 is 1.78 bits per heavy atom. The number of nitrogens with one attached hydrogen (secondary N) is 2. The van der Waals surface area contributed by atoms with Gasteiger partial charge in [-0.3, -0.25) is 24.0 Å². The fourth-order valence-electron chi connectivity index (χ4n) is 8.36. The zero-order valence-corrected chi connectivity index (χ0v) is 37.6. The Bertz CT molecular complexity index is 2360. The van der Waals surface area contributed by atoms with Crippen molar-refractivity contribution in [3.8, 4) is 22.2 Å². The molecule has 17 heteroatoms. The number of carbonyl (C=O) groups is 4. The second-order valence-electron chi connectivity index (χ2n) is 18.8. The van der Waals surface area contributed by atoms with Crippen LogP contribution in [0.15, 0.2) is 36.2 Å². The Balaban J connectivity index is 1.31. The average Bonchev–Trinajstić information content (AvgIpc) is 4.04. The third-order valence-corrected chi connectivity index (χ3v) is 14.4. The van der Waals surface area contributed by atoms with Crippen molar-refractivity contribution in [2.45, 2.75) is 135 Å². The number of hydrogen-bond donors (Lipinski definition) is 2. The van der Waals surface area contributed by atoms with E-state index in [1.165, 1.54) is 27.2 Å². The minimum atomic E-state index is -3.93. The second kappa shape index (κ2) is 15.3. The lowest BCUT2D eigenvalue weighted by Gasteiger charge is -2.49. The van der Waals surface area contributed by atoms with E-state index in [0.29, 0.717) is 45.9 Å². The number of piperazine rings is 1. The van der Waals surface area contributed by atoms with Gasteiger partial charge in [-0.1, -0.05) is 40.7 Å². The van der Waals surface area contributed by atoms with Gasteiger partial charge in [0.2, 0.25) is 21.8 Å². The minimum absolute atomic E-state index is 0.0128. The Kier molecular flexibility index (Phi) is 11.0. The average molecular weight is 865 g/mol. The molecule has 4 amide bonds. The molecule has 0 bridgehead atoms. The Morgan fingerprint density at radius 1 is 1.08 bits per heavy atom. The molecule has 324 valence electrons. The van der Waals surface area contributed by atoms with Crippen molar-refractivity contribution in [2.75, 3.05) is 13.7 Å². The maximum atomic E-state index is 15.0. The predicted octanol–water partition coefficient (Wildman–Crippen LogP) is 5.85. The minimum Gasteiger partial charge on any atom is -0.496 e. The molecule has 4 heterocycles. The van der Waals surface area contributed by atoms with Crippen molar-refractivity contribution in [2.24, 2.45) is 11.3 Å². The van der Waals surface area contributed by atoms with Crippen LogP contribution in [0.1, 0.15) is 98.2 Å². The molecule has 6 atom stereocenters. The summed E-state index contributed by atoms with van der Waals surface area (Å²) in [5.74, 6) is -1.25. The van der Waals surface area contributed by atoms with Gasteiger partial charge in [0.05, 0.1) is 29.6 Å². The topological polar surface area (TPSA) is 186 Å². The third kappa shape index (κ3) is 8.06. The number of sulfonamides is 1. The Hall–Kier alpha value is -4.77. The summed E-state index contributed by atoms with van der Waals surface area (Å²) in [5, 5.41) is 5.56. The van der Waals surface area contributed by atoms with E-state index in [-0.39, 0.29) is 25.3 Å². The monoisotopic (exact) mass is 864 g/mol. The molecule has 3 aromatic rings. The number of aromatic nitrogens is 2. The van der Waals surface area contributed by atoms with Crippen LogP contribution in [0.5, 0.6) is 11.5 Å². The van der Waals surface area contributed by atoms with E-state index in [0.717, 1.165) is 11.3 Å². The largest absolute Gasteiger partial charge is 0.496 e. The summed E-state index contributed by atoms with van der Waals surface area (Å²) in [6, 6.07) is 2.46. The maximum absolute atomic E-state index is 15.0. The first kappa shape index (κ1) is 43.3. The Morgan fingerprint density at radius 3 is 2.35 bits per heavy atom. The SMILES string of the molecule is C=C[C@@H]1C[C@]1(NC(=O)[C@@H]1C[C@@H](Oc2cc(-c3nc(C(C)C)cs3)nc3c(C)c(OC)ccc23)[C@H]2CN(C(=O)OC(C)(C)C)[C@H](C(C)(C)C)C(=O)N21)C(=O)NS(=O)(=O)C1CC1. The first-order valence-corrected chi connectivity index (χ1v) is 22.9. The first-order chi connectivity index (χ1) is 28.0. The number of fused-ring (bicyclic) bond motifs is 2. The summed E-state index contributed by atoms with van der Waals surface area (Å²) >= 11 is 1.46. The fourth-order valence-corrected chi connectivity index (χ4v) is 10.7. The molecule has 2 saturated heterocycles. The van der Waals surface area contributed by atoms with Crippen LogP contribution >= 0.6 is 11.3 Å². The van der Waals surface area contributed by atoms with Gasteiger partial charge in [0, 0.05) is 41.3 Å². The molecule has 2 saturated carbocycles. The molecule has 2 aliphatic heterocycles. The molecule has 2 aliphatic carbocycles. The van der Waals surface area contributed by atoms with Crippen molar-refractivity contribution in [3.63, 3.8) is 0 Å². The summed E-state index contributed by atoms with van der Waals surface area (Å²) < 4.78 is 46.4. The summed E-state index contributed by atoms with van der Waals surface area (Å²) in [4.78, 5) is 70.2. The first-order valence-electron chi connectivity index (χ1n) is 20.4. The van der Waals surface area contributed by atoms with Gasteiger partial charge in [0.25, 0.3) is 5.91 Å². The van der Waals surface area contributed by atoms with Crippen LogP contribution in [0.25, 0.3) is 21.6 Å². The van der Waals surface area contributed by atoms with E-state index in [9.17, 15) is 22.8 Å². The van der Waals surface area contributed by atoms with Crippen molar-refractivity contribution in [1.82, 2.24) is 29.8 Å². The van der Waals surface area contributed by atoms with Gasteiger partial charge >= 0.3 is 6.09 Å². The number of aryl methyl sites for hydroxylation is 1. The number of methoxy groups -OCH3 is 1. The smallest absolute Gasteiger partial charge is 0.411 e. The Labute approximate surface area is 355 Å². The van der Waals surface area contributed by atoms with Gasteiger partial charge in [0.15, 0.2) is 0 Å². The summed E-state index contributed by atoms with van der Waals surface area (Å²) in [5.41, 5.74) is -0.350. The van der Waals surface area contributed by atoms with Gasteiger partial charge < -0.3 is 24.4 Å². The van der Waals surface area contributed by atoms with Crippen molar-refractivity contribution in [3.05, 3.63) is 47.5 Å². The molecule has 0 radical (unpaired) electrons. The molecular weight excluding hydrogens is 809 g/mol. The number of rotatable bonds is 11. The number of amides is 4. The standard InChI is InChI=1S/C43H56N6O9S2/c1-12-24-19-43(24,39(52)47-60(54,55)25-13-14-25)46-36(50)29-18-33(30-20-48(40(53)58-42(8,9)10)35(41(5,6)7)38(51)49(29)30)57-32-17-27(37-45-28(21-59-37)22(2)3)44-34-23(4)31(56-11)16-15-26(32)34/h12,15-17,21-22,24-25,29-30,33,35H,1,13-14,18-20H2,2-11H3,(H,46,50)(H,47,52)/t24-,29+,30-,33-,35+,43-/m1/s1. The molecule has 0 unspecified atom stereocenters. The van der Waals surface area contributed by atoms with Crippen molar-refractivity contribution < 1.29 is 41.8 Å². The van der Waals surface area contributed by atoms with Crippen molar-refractivity contribution in [1.29, 1.82) is 0 Å². The molecule has 2 N–H and O–H groups in total. The number of pyridine rings is 1. The van der Waals surface area contributed by atoms with E-state index in [1.54, 1.807) is 27.9 Å². The number of thiazole rings is 1. The van der Waals surface area contributed by atoms with E-state index >= 15 is 4.79 Å². The van der Waals surface area contributed by atoms with Crippen LogP contribution in [0.3, 0.4) is 0 Å². The van der Waals surface area contributed by atoms with E-state index in [2.05, 4.69) is 30.5 Å². The van der Waals surface area contributed by atoms with E-state index in [1.807, 2.05) is 51.3 Å². The molecule has 60 heavy (non-hydrogen) atoms. The number of ether oxygens (including phenoxy) is 3. The van der Waals surface area contributed by atoms with Crippen LogP contribution in [0, 0.1) is 18.3 Å². The number of nitrogens with zero attached hydrogens (tertiary/aromatic N) is 4. The lowest BCUT2D eigenvalue weighted by atomic mass is 9.82. The quantitative estimate of drug-likeness (QED) is 0.220. The van der Waals surface area contributed by atoms with E-state index in [4.69, 9.17) is 24.2 Å². The number of benzene rings is 1.